The van der Waals surface area contributed by atoms with Gasteiger partial charge in [-0.25, -0.2) is 4.79 Å². The van der Waals surface area contributed by atoms with Gasteiger partial charge in [0.1, 0.15) is 0 Å². The van der Waals surface area contributed by atoms with E-state index >= 15 is 0 Å². The molecule has 0 heterocycles. The predicted molar refractivity (Wildman–Crippen MR) is 46.2 cm³/mol. The van der Waals surface area contributed by atoms with Gasteiger partial charge in [-0.1, -0.05) is 30.3 Å². The van der Waals surface area contributed by atoms with Crippen LogP contribution >= 0.6 is 0 Å². The first-order chi connectivity index (χ1) is 5.79. The first-order valence-electron chi connectivity index (χ1n) is 3.80. The van der Waals surface area contributed by atoms with Gasteiger partial charge in [-0.15, -0.1) is 0 Å². The van der Waals surface area contributed by atoms with Crippen molar-refractivity contribution in [1.82, 2.24) is 5.32 Å². The van der Waals surface area contributed by atoms with Gasteiger partial charge in [-0.2, -0.15) is 0 Å². The Morgan fingerprint density at radius 2 is 1.92 bits per heavy atom. The van der Waals surface area contributed by atoms with E-state index in [4.69, 9.17) is 5.11 Å². The standard InChI is InChI=1S/C9H11NO2.Zn/c11-9(12)10-7-6-8-4-2-1-3-5-8;/h1-5,10H,6-7H2,(H,11,12);. The Kier molecular flexibility index (Phi) is 6.16. The number of carboxylic acid groups (broad SMARTS) is 1. The normalized spacial score (nSPS) is 8.62. The van der Waals surface area contributed by atoms with Crippen molar-refractivity contribution in [1.29, 1.82) is 0 Å². The SMILES string of the molecule is O=C(O)NCCc1ccccc1.[Zn]. The zero-order valence-electron chi connectivity index (χ0n) is 7.36. The zero-order valence-corrected chi connectivity index (χ0v) is 10.3. The summed E-state index contributed by atoms with van der Waals surface area (Å²) in [6.45, 7) is 0.472. The van der Waals surface area contributed by atoms with Crippen molar-refractivity contribution in [2.24, 2.45) is 0 Å². The van der Waals surface area contributed by atoms with E-state index in [0.717, 1.165) is 12.0 Å². The third-order valence-corrected chi connectivity index (χ3v) is 1.53. The summed E-state index contributed by atoms with van der Waals surface area (Å²) in [5.41, 5.74) is 1.14. The first kappa shape index (κ1) is 12.1. The minimum absolute atomic E-state index is 0. The molecule has 0 spiro atoms. The van der Waals surface area contributed by atoms with Crippen LogP contribution in [-0.2, 0) is 25.9 Å². The second-order valence-corrected chi connectivity index (χ2v) is 2.47. The number of hydrogen-bond donors (Lipinski definition) is 2. The Morgan fingerprint density at radius 3 is 2.46 bits per heavy atom. The Bertz CT molecular complexity index is 251. The largest absolute Gasteiger partial charge is 0.465 e. The number of benzene rings is 1. The summed E-state index contributed by atoms with van der Waals surface area (Å²) in [4.78, 5) is 10.1. The van der Waals surface area contributed by atoms with Crippen LogP contribution in [0, 0.1) is 0 Å². The molecule has 4 heteroatoms. The summed E-state index contributed by atoms with van der Waals surface area (Å²) in [7, 11) is 0. The Labute approximate surface area is 89.9 Å². The molecule has 0 radical (unpaired) electrons. The van der Waals surface area contributed by atoms with E-state index in [1.807, 2.05) is 30.3 Å². The third kappa shape index (κ3) is 5.37. The van der Waals surface area contributed by atoms with E-state index in [1.165, 1.54) is 0 Å². The molecule has 66 valence electrons. The molecule has 0 fully saturated rings. The average Bonchev–Trinajstić information content (AvgIpc) is 2.05. The number of amides is 1. The molecule has 1 amide bonds. The van der Waals surface area contributed by atoms with Gasteiger partial charge in [0.15, 0.2) is 0 Å². The van der Waals surface area contributed by atoms with Gasteiger partial charge in [-0.3, -0.25) is 0 Å². The smallest absolute Gasteiger partial charge is 0.404 e. The fourth-order valence-corrected chi connectivity index (χ4v) is 0.958. The van der Waals surface area contributed by atoms with Crippen molar-refractivity contribution in [3.8, 4) is 0 Å². The van der Waals surface area contributed by atoms with Crippen molar-refractivity contribution >= 4 is 6.09 Å². The van der Waals surface area contributed by atoms with E-state index in [1.54, 1.807) is 0 Å². The minimum Gasteiger partial charge on any atom is -0.465 e. The van der Waals surface area contributed by atoms with E-state index in [9.17, 15) is 4.79 Å². The van der Waals surface area contributed by atoms with Crippen molar-refractivity contribution < 1.29 is 29.4 Å². The Balaban J connectivity index is 0.00000144. The average molecular weight is 231 g/mol. The summed E-state index contributed by atoms with van der Waals surface area (Å²) < 4.78 is 0. The van der Waals surface area contributed by atoms with E-state index < -0.39 is 6.09 Å². The molecule has 0 aliphatic rings. The molecule has 0 saturated carbocycles. The fourth-order valence-electron chi connectivity index (χ4n) is 0.958. The van der Waals surface area contributed by atoms with Crippen LogP contribution in [0.5, 0.6) is 0 Å². The van der Waals surface area contributed by atoms with Gasteiger partial charge in [0.05, 0.1) is 0 Å². The summed E-state index contributed by atoms with van der Waals surface area (Å²) >= 11 is 0. The fraction of sp³-hybridized carbons (Fsp3) is 0.222. The zero-order chi connectivity index (χ0) is 8.81. The quantitative estimate of drug-likeness (QED) is 0.773. The van der Waals surface area contributed by atoms with Crippen LogP contribution in [0.25, 0.3) is 0 Å². The molecular weight excluding hydrogens is 219 g/mol. The molecule has 0 aliphatic carbocycles. The summed E-state index contributed by atoms with van der Waals surface area (Å²) in [5, 5.41) is 10.6. The third-order valence-electron chi connectivity index (χ3n) is 1.53. The van der Waals surface area contributed by atoms with Gasteiger partial charge >= 0.3 is 6.09 Å². The Hall–Kier alpha value is -0.887. The first-order valence-corrected chi connectivity index (χ1v) is 3.80. The summed E-state index contributed by atoms with van der Waals surface area (Å²) in [6.07, 6.45) is -0.224. The van der Waals surface area contributed by atoms with E-state index in [0.29, 0.717) is 6.54 Å². The molecule has 0 aromatic heterocycles. The van der Waals surface area contributed by atoms with Crippen molar-refractivity contribution in [3.63, 3.8) is 0 Å². The predicted octanol–water partition coefficient (Wildman–Crippen LogP) is 1.49. The van der Waals surface area contributed by atoms with Crippen LogP contribution in [0.4, 0.5) is 4.79 Å². The molecule has 1 rings (SSSR count). The molecule has 13 heavy (non-hydrogen) atoms. The second-order valence-electron chi connectivity index (χ2n) is 2.47. The monoisotopic (exact) mass is 229 g/mol. The summed E-state index contributed by atoms with van der Waals surface area (Å²) in [5.74, 6) is 0. The van der Waals surface area contributed by atoms with Crippen molar-refractivity contribution in [3.05, 3.63) is 35.9 Å². The maximum absolute atomic E-state index is 10.1. The molecule has 0 atom stereocenters. The van der Waals surface area contributed by atoms with Gasteiger partial charge in [-0.05, 0) is 12.0 Å². The van der Waals surface area contributed by atoms with Crippen LogP contribution < -0.4 is 5.32 Å². The molecule has 0 unspecified atom stereocenters. The Morgan fingerprint density at radius 1 is 1.31 bits per heavy atom. The molecule has 3 nitrogen and oxygen atoms in total. The minimum atomic E-state index is -0.967. The maximum Gasteiger partial charge on any atom is 0.404 e. The van der Waals surface area contributed by atoms with Crippen LogP contribution in [0.3, 0.4) is 0 Å². The van der Waals surface area contributed by atoms with Gasteiger partial charge in [0, 0.05) is 26.0 Å². The molecular formula is C9H11NO2Zn. The second kappa shape index (κ2) is 6.61. The molecule has 0 saturated heterocycles. The molecule has 2 N–H and O–H groups in total. The topological polar surface area (TPSA) is 49.3 Å². The number of hydrogen-bond acceptors (Lipinski definition) is 1. The van der Waals surface area contributed by atoms with E-state index in [2.05, 4.69) is 5.32 Å². The summed E-state index contributed by atoms with van der Waals surface area (Å²) in [6, 6.07) is 9.77. The van der Waals surface area contributed by atoms with Crippen LogP contribution in [0.15, 0.2) is 30.3 Å². The van der Waals surface area contributed by atoms with Crippen LogP contribution in [0.1, 0.15) is 5.56 Å². The number of nitrogens with one attached hydrogen (secondary N) is 1. The number of carbonyl (C=O) groups is 1. The molecule has 0 bridgehead atoms. The van der Waals surface area contributed by atoms with Crippen molar-refractivity contribution in [2.45, 2.75) is 6.42 Å². The molecule has 0 aliphatic heterocycles. The van der Waals surface area contributed by atoms with Gasteiger partial charge in [0.2, 0.25) is 0 Å². The van der Waals surface area contributed by atoms with Gasteiger partial charge < -0.3 is 10.4 Å². The van der Waals surface area contributed by atoms with Crippen LogP contribution in [0.2, 0.25) is 0 Å². The van der Waals surface area contributed by atoms with Gasteiger partial charge in [0.25, 0.3) is 0 Å². The number of rotatable bonds is 3. The maximum atomic E-state index is 10.1. The van der Waals surface area contributed by atoms with E-state index in [-0.39, 0.29) is 19.5 Å². The molecule has 1 aromatic rings. The van der Waals surface area contributed by atoms with Crippen LogP contribution in [-0.4, -0.2) is 17.7 Å². The molecule has 1 aromatic carbocycles. The van der Waals surface area contributed by atoms with Crippen molar-refractivity contribution in [2.75, 3.05) is 6.54 Å².